The molecule has 0 spiro atoms. The van der Waals surface area contributed by atoms with E-state index in [9.17, 15) is 18.8 Å². The van der Waals surface area contributed by atoms with Crippen LogP contribution in [-0.4, -0.2) is 69.2 Å². The number of piperazine rings is 1. The Morgan fingerprint density at radius 3 is 2.44 bits per heavy atom. The summed E-state index contributed by atoms with van der Waals surface area (Å²) in [7, 11) is 0. The van der Waals surface area contributed by atoms with E-state index >= 15 is 0 Å². The highest BCUT2D eigenvalue weighted by molar-refractivity contribution is 7.97. The van der Waals surface area contributed by atoms with Crippen LogP contribution in [0.15, 0.2) is 47.4 Å². The Labute approximate surface area is 223 Å². The molecule has 2 aromatic rings. The molecule has 1 aliphatic carbocycles. The SMILES string of the molecule is CC(=O)NC1CN(Sc2ccc(Cl)cc2Cl)C2CN(C3CC3)C(=O)C(Cc3ccc(F)cc3)N2C1=O. The number of carbonyl (C=O) groups excluding carboxylic acids is 3. The third-order valence-corrected chi connectivity index (χ3v) is 8.49. The number of nitrogens with one attached hydrogen (secondary N) is 1. The number of benzene rings is 2. The van der Waals surface area contributed by atoms with E-state index in [-0.39, 0.29) is 42.5 Å². The Bertz CT molecular complexity index is 1200. The molecule has 3 fully saturated rings. The third kappa shape index (κ3) is 5.20. The molecular formula is C25H25Cl2FN4O3S. The number of nitrogens with zero attached hydrogens (tertiary/aromatic N) is 3. The van der Waals surface area contributed by atoms with Crippen LogP contribution in [0.1, 0.15) is 25.3 Å². The molecule has 190 valence electrons. The standard InChI is InChI=1S/C25H25Cl2FN4O3S/c1-14(33)29-20-12-31(36-22-9-4-16(26)11-19(22)27)23-13-30(18-7-8-18)25(35)21(32(23)24(20)34)10-15-2-5-17(28)6-3-15/h2-6,9,11,18,20-21,23H,7-8,10,12-13H2,1H3,(H,29,33). The van der Waals surface area contributed by atoms with Gasteiger partial charge in [-0.1, -0.05) is 35.3 Å². The fraction of sp³-hybridized carbons (Fsp3) is 0.400. The van der Waals surface area contributed by atoms with Crippen LogP contribution in [-0.2, 0) is 20.8 Å². The summed E-state index contributed by atoms with van der Waals surface area (Å²) in [5.41, 5.74) is 0.751. The average molecular weight is 551 g/mol. The van der Waals surface area contributed by atoms with E-state index in [1.165, 1.54) is 31.0 Å². The number of carbonyl (C=O) groups is 3. The minimum absolute atomic E-state index is 0.121. The number of fused-ring (bicyclic) bond motifs is 1. The minimum Gasteiger partial charge on any atom is -0.343 e. The van der Waals surface area contributed by atoms with Crippen molar-refractivity contribution in [1.29, 1.82) is 0 Å². The normalized spacial score (nSPS) is 24.6. The van der Waals surface area contributed by atoms with Gasteiger partial charge < -0.3 is 15.1 Å². The van der Waals surface area contributed by atoms with E-state index in [4.69, 9.17) is 23.2 Å². The Hall–Kier alpha value is -2.33. The number of rotatable bonds is 6. The zero-order valence-corrected chi connectivity index (χ0v) is 21.8. The van der Waals surface area contributed by atoms with E-state index in [2.05, 4.69) is 5.32 Å². The van der Waals surface area contributed by atoms with Gasteiger partial charge in [0.15, 0.2) is 0 Å². The van der Waals surface area contributed by atoms with Crippen LogP contribution < -0.4 is 5.32 Å². The van der Waals surface area contributed by atoms with Gasteiger partial charge in [-0.3, -0.25) is 14.4 Å². The van der Waals surface area contributed by atoms with Gasteiger partial charge in [-0.05, 0) is 60.7 Å². The Morgan fingerprint density at radius 1 is 1.08 bits per heavy atom. The number of hydrogen-bond donors (Lipinski definition) is 1. The van der Waals surface area contributed by atoms with Crippen molar-refractivity contribution in [3.05, 3.63) is 63.9 Å². The van der Waals surface area contributed by atoms with Crippen molar-refractivity contribution in [3.63, 3.8) is 0 Å². The van der Waals surface area contributed by atoms with Gasteiger partial charge in [-0.2, -0.15) is 0 Å². The summed E-state index contributed by atoms with van der Waals surface area (Å²) in [6.07, 6.45) is 1.68. The lowest BCUT2D eigenvalue weighted by molar-refractivity contribution is -0.167. The van der Waals surface area contributed by atoms with Crippen LogP contribution in [0.3, 0.4) is 0 Å². The second kappa shape index (κ2) is 10.2. The Balaban J connectivity index is 1.52. The maximum absolute atomic E-state index is 13.7. The zero-order chi connectivity index (χ0) is 25.6. The molecule has 7 nitrogen and oxygen atoms in total. The topological polar surface area (TPSA) is 73.0 Å². The molecule has 1 N–H and O–H groups in total. The van der Waals surface area contributed by atoms with E-state index < -0.39 is 18.2 Å². The Morgan fingerprint density at radius 2 is 1.81 bits per heavy atom. The lowest BCUT2D eigenvalue weighted by Crippen LogP contribution is -2.74. The lowest BCUT2D eigenvalue weighted by Gasteiger charge is -2.53. The fourth-order valence-electron chi connectivity index (χ4n) is 4.83. The van der Waals surface area contributed by atoms with E-state index in [1.807, 2.05) is 15.3 Å². The fourth-order valence-corrected chi connectivity index (χ4v) is 6.39. The second-order valence-electron chi connectivity index (χ2n) is 9.31. The molecule has 0 radical (unpaired) electrons. The Kier molecular flexibility index (Phi) is 7.18. The molecule has 0 aromatic heterocycles. The van der Waals surface area contributed by atoms with E-state index in [0.29, 0.717) is 16.6 Å². The predicted molar refractivity (Wildman–Crippen MR) is 136 cm³/mol. The highest BCUT2D eigenvalue weighted by atomic mass is 35.5. The van der Waals surface area contributed by atoms with Crippen molar-refractivity contribution in [1.82, 2.24) is 19.4 Å². The molecule has 2 saturated heterocycles. The van der Waals surface area contributed by atoms with E-state index in [1.54, 1.807) is 29.2 Å². The first-order valence-electron chi connectivity index (χ1n) is 11.7. The van der Waals surface area contributed by atoms with Crippen molar-refractivity contribution >= 4 is 52.9 Å². The lowest BCUT2D eigenvalue weighted by atomic mass is 9.97. The van der Waals surface area contributed by atoms with Gasteiger partial charge >= 0.3 is 0 Å². The van der Waals surface area contributed by atoms with Crippen LogP contribution >= 0.6 is 35.1 Å². The molecule has 2 aliphatic heterocycles. The number of halogens is 3. The smallest absolute Gasteiger partial charge is 0.248 e. The summed E-state index contributed by atoms with van der Waals surface area (Å²) in [6, 6.07) is 9.73. The molecule has 1 saturated carbocycles. The highest BCUT2D eigenvalue weighted by Crippen LogP contribution is 2.40. The van der Waals surface area contributed by atoms with Crippen LogP contribution in [0.2, 0.25) is 10.0 Å². The molecule has 3 aliphatic rings. The zero-order valence-electron chi connectivity index (χ0n) is 19.5. The molecule has 3 atom stereocenters. The summed E-state index contributed by atoms with van der Waals surface area (Å²) < 4.78 is 15.5. The first kappa shape index (κ1) is 25.3. The van der Waals surface area contributed by atoms with Gasteiger partial charge in [0.1, 0.15) is 24.1 Å². The molecule has 2 heterocycles. The van der Waals surface area contributed by atoms with Gasteiger partial charge in [0.2, 0.25) is 17.7 Å². The minimum atomic E-state index is -0.826. The summed E-state index contributed by atoms with van der Waals surface area (Å²) in [5, 5.41) is 3.73. The first-order valence-corrected chi connectivity index (χ1v) is 13.3. The second-order valence-corrected chi connectivity index (χ2v) is 11.2. The quantitative estimate of drug-likeness (QED) is 0.555. The van der Waals surface area contributed by atoms with Gasteiger partial charge in [-0.25, -0.2) is 8.70 Å². The van der Waals surface area contributed by atoms with Crippen molar-refractivity contribution < 1.29 is 18.8 Å². The van der Waals surface area contributed by atoms with Crippen LogP contribution in [0.25, 0.3) is 0 Å². The van der Waals surface area contributed by atoms with Crippen molar-refractivity contribution in [2.75, 3.05) is 13.1 Å². The van der Waals surface area contributed by atoms with Crippen molar-refractivity contribution in [2.24, 2.45) is 0 Å². The largest absolute Gasteiger partial charge is 0.343 e. The molecule has 3 amide bonds. The molecule has 3 unspecified atom stereocenters. The maximum Gasteiger partial charge on any atom is 0.248 e. The highest BCUT2D eigenvalue weighted by Gasteiger charge is 2.53. The van der Waals surface area contributed by atoms with Crippen LogP contribution in [0.4, 0.5) is 4.39 Å². The summed E-state index contributed by atoms with van der Waals surface area (Å²) in [4.78, 5) is 43.5. The average Bonchev–Trinajstić information content (AvgIpc) is 3.66. The predicted octanol–water partition coefficient (Wildman–Crippen LogP) is 3.73. The summed E-state index contributed by atoms with van der Waals surface area (Å²) in [5.74, 6) is -1.12. The first-order chi connectivity index (χ1) is 17.2. The van der Waals surface area contributed by atoms with E-state index in [0.717, 1.165) is 23.3 Å². The number of hydrogen-bond acceptors (Lipinski definition) is 5. The monoisotopic (exact) mass is 550 g/mol. The van der Waals surface area contributed by atoms with Gasteiger partial charge in [-0.15, -0.1) is 0 Å². The molecule has 0 bridgehead atoms. The summed E-state index contributed by atoms with van der Waals surface area (Å²) in [6.45, 7) is 1.97. The molecule has 5 rings (SSSR count). The van der Waals surface area contributed by atoms with Crippen molar-refractivity contribution in [2.45, 2.75) is 55.4 Å². The van der Waals surface area contributed by atoms with Gasteiger partial charge in [0.05, 0.1) is 11.6 Å². The van der Waals surface area contributed by atoms with Crippen molar-refractivity contribution in [3.8, 4) is 0 Å². The van der Waals surface area contributed by atoms with Crippen LogP contribution in [0, 0.1) is 5.82 Å². The molecular weight excluding hydrogens is 526 g/mol. The third-order valence-electron chi connectivity index (χ3n) is 6.65. The molecule has 11 heteroatoms. The van der Waals surface area contributed by atoms with Crippen LogP contribution in [0.5, 0.6) is 0 Å². The summed E-state index contributed by atoms with van der Waals surface area (Å²) >= 11 is 13.9. The molecule has 2 aromatic carbocycles. The molecule has 36 heavy (non-hydrogen) atoms. The number of amides is 3. The van der Waals surface area contributed by atoms with Gasteiger partial charge in [0.25, 0.3) is 0 Å². The maximum atomic E-state index is 13.7. The van der Waals surface area contributed by atoms with Gasteiger partial charge in [0, 0.05) is 35.8 Å².